The molecular formula is C33H40N6O5. The molecule has 0 saturated carbocycles. The number of hydrogen-bond donors (Lipinski definition) is 1. The largest absolute Gasteiger partial charge is 0.493 e. The third-order valence-electron chi connectivity index (χ3n) is 8.75. The summed E-state index contributed by atoms with van der Waals surface area (Å²) in [7, 11) is 5.41. The van der Waals surface area contributed by atoms with Crippen LogP contribution in [0.4, 0.5) is 17.2 Å². The van der Waals surface area contributed by atoms with Gasteiger partial charge in [-0.25, -0.2) is 4.98 Å². The second-order valence-electron chi connectivity index (χ2n) is 11.5. The molecule has 0 unspecified atom stereocenters. The second-order valence-corrected chi connectivity index (χ2v) is 11.5. The highest BCUT2D eigenvalue weighted by atomic mass is 16.5. The van der Waals surface area contributed by atoms with E-state index in [2.05, 4.69) is 27.1 Å². The van der Waals surface area contributed by atoms with E-state index in [0.717, 1.165) is 39.3 Å². The molecule has 11 heteroatoms. The molecule has 3 aliphatic rings. The van der Waals surface area contributed by atoms with Crippen molar-refractivity contribution in [2.24, 2.45) is 0 Å². The first-order valence-corrected chi connectivity index (χ1v) is 15.2. The minimum atomic E-state index is -0.220. The number of carbonyl (C=O) groups is 2. The lowest BCUT2D eigenvalue weighted by molar-refractivity contribution is 0.0475. The topological polar surface area (TPSA) is 99.7 Å². The van der Waals surface area contributed by atoms with Crippen LogP contribution in [0.5, 0.6) is 23.0 Å². The quantitative estimate of drug-likeness (QED) is 0.421. The maximum Gasteiger partial charge on any atom is 0.262 e. The lowest BCUT2D eigenvalue weighted by Crippen LogP contribution is -2.54. The number of piperazine rings is 1. The number of fused-ring (bicyclic) bond motifs is 2. The highest BCUT2D eigenvalue weighted by Crippen LogP contribution is 2.43. The fraction of sp³-hybridized carbons (Fsp3) is 0.424. The predicted octanol–water partition coefficient (Wildman–Crippen LogP) is 4.47. The zero-order valence-electron chi connectivity index (χ0n) is 25.8. The Hall–Kier alpha value is -4.35. The Balaban J connectivity index is 1.18. The zero-order valence-corrected chi connectivity index (χ0v) is 25.8. The number of carbonyl (C=O) groups excluding carboxylic acids is 2. The molecule has 3 aromatic rings. The first-order valence-electron chi connectivity index (χ1n) is 15.2. The van der Waals surface area contributed by atoms with E-state index in [9.17, 15) is 9.59 Å². The number of piperidine rings is 1. The molecule has 0 spiro atoms. The molecule has 3 aliphatic heterocycles. The number of anilines is 3. The summed E-state index contributed by atoms with van der Waals surface area (Å²) in [5.74, 6) is 2.11. The molecule has 0 bridgehead atoms. The first-order chi connectivity index (χ1) is 21.4. The van der Waals surface area contributed by atoms with E-state index in [4.69, 9.17) is 14.2 Å². The average molecular weight is 601 g/mol. The van der Waals surface area contributed by atoms with Gasteiger partial charge in [0.15, 0.2) is 17.2 Å². The van der Waals surface area contributed by atoms with Crippen molar-refractivity contribution in [1.82, 2.24) is 19.7 Å². The van der Waals surface area contributed by atoms with Gasteiger partial charge in [0, 0.05) is 50.9 Å². The van der Waals surface area contributed by atoms with Crippen molar-refractivity contribution in [3.8, 4) is 23.0 Å². The van der Waals surface area contributed by atoms with Crippen LogP contribution >= 0.6 is 0 Å². The molecule has 2 fully saturated rings. The van der Waals surface area contributed by atoms with E-state index in [0.29, 0.717) is 64.0 Å². The zero-order chi connectivity index (χ0) is 30.8. The van der Waals surface area contributed by atoms with Crippen molar-refractivity contribution in [1.29, 1.82) is 0 Å². The van der Waals surface area contributed by atoms with Gasteiger partial charge < -0.3 is 34.2 Å². The lowest BCUT2D eigenvalue weighted by Gasteiger charge is -2.42. The fourth-order valence-corrected chi connectivity index (χ4v) is 6.19. The van der Waals surface area contributed by atoms with Crippen molar-refractivity contribution in [3.05, 3.63) is 59.8 Å². The third kappa shape index (κ3) is 5.89. The molecule has 4 heterocycles. The van der Waals surface area contributed by atoms with Gasteiger partial charge in [0.1, 0.15) is 17.3 Å². The summed E-state index contributed by atoms with van der Waals surface area (Å²) in [6, 6.07) is 13.0. The number of pyridine rings is 1. The van der Waals surface area contributed by atoms with Gasteiger partial charge in [-0.1, -0.05) is 6.07 Å². The normalized spacial score (nSPS) is 17.8. The molecule has 0 aliphatic carbocycles. The number of methoxy groups -OCH3 is 1. The average Bonchev–Trinajstić information content (AvgIpc) is 3.15. The number of nitrogens with zero attached hydrogens (tertiary/aromatic N) is 5. The Morgan fingerprint density at radius 1 is 1.02 bits per heavy atom. The van der Waals surface area contributed by atoms with Crippen LogP contribution < -0.4 is 24.4 Å². The van der Waals surface area contributed by atoms with Crippen molar-refractivity contribution < 1.29 is 23.8 Å². The van der Waals surface area contributed by atoms with Crippen molar-refractivity contribution in [2.45, 2.75) is 25.8 Å². The van der Waals surface area contributed by atoms with Gasteiger partial charge in [-0.15, -0.1) is 0 Å². The van der Waals surface area contributed by atoms with Crippen molar-refractivity contribution in [2.75, 3.05) is 77.3 Å². The number of aromatic nitrogens is 1. The van der Waals surface area contributed by atoms with Crippen LogP contribution in [-0.2, 0) is 0 Å². The maximum absolute atomic E-state index is 13.5. The van der Waals surface area contributed by atoms with Crippen LogP contribution in [0, 0.1) is 0 Å². The van der Waals surface area contributed by atoms with Crippen molar-refractivity contribution in [3.63, 3.8) is 0 Å². The summed E-state index contributed by atoms with van der Waals surface area (Å²) >= 11 is 0. The Morgan fingerprint density at radius 2 is 1.80 bits per heavy atom. The number of hydrogen-bond acceptors (Lipinski definition) is 9. The van der Waals surface area contributed by atoms with Crippen LogP contribution in [0.1, 0.15) is 40.5 Å². The standard InChI is InChI=1S/C33H40N6O5/c1-5-43-28-19-22(32(40)39-17-15-38(16-18-39)23-11-13-36(2)14-12-23)9-10-25(28)35-30-20-29-26(21-34-30)37(3)33(41)24-7-6-8-27(42-4)31(24)44-29/h6-10,19-21,23H,5,11-18H2,1-4H3,(H,34,35). The molecule has 2 saturated heterocycles. The number of ether oxygens (including phenoxy) is 3. The Bertz CT molecular complexity index is 1530. The van der Waals surface area contributed by atoms with Crippen molar-refractivity contribution >= 4 is 29.0 Å². The molecule has 6 rings (SSSR count). The van der Waals surface area contributed by atoms with Gasteiger partial charge in [-0.3, -0.25) is 14.5 Å². The van der Waals surface area contributed by atoms with E-state index in [1.54, 1.807) is 50.7 Å². The van der Waals surface area contributed by atoms with Crippen LogP contribution in [0.15, 0.2) is 48.7 Å². The molecule has 0 radical (unpaired) electrons. The summed E-state index contributed by atoms with van der Waals surface area (Å²) in [6.07, 6.45) is 3.98. The predicted molar refractivity (Wildman–Crippen MR) is 169 cm³/mol. The Kier molecular flexibility index (Phi) is 8.58. The minimum Gasteiger partial charge on any atom is -0.493 e. The van der Waals surface area contributed by atoms with E-state index in [1.807, 2.05) is 24.0 Å². The molecular weight excluding hydrogens is 560 g/mol. The summed E-state index contributed by atoms with van der Waals surface area (Å²) < 4.78 is 17.7. The Morgan fingerprint density at radius 3 is 2.52 bits per heavy atom. The summed E-state index contributed by atoms with van der Waals surface area (Å²) in [6.45, 7) is 7.87. The molecule has 2 amide bonds. The van der Waals surface area contributed by atoms with E-state index in [-0.39, 0.29) is 11.8 Å². The first kappa shape index (κ1) is 29.7. The van der Waals surface area contributed by atoms with Crippen LogP contribution in [0.25, 0.3) is 0 Å². The number of para-hydroxylation sites is 1. The third-order valence-corrected chi connectivity index (χ3v) is 8.75. The summed E-state index contributed by atoms with van der Waals surface area (Å²) in [5, 5.41) is 3.31. The number of likely N-dealkylation sites (tertiary alicyclic amines) is 1. The highest BCUT2D eigenvalue weighted by Gasteiger charge is 2.30. The van der Waals surface area contributed by atoms with E-state index >= 15 is 0 Å². The minimum absolute atomic E-state index is 0.0115. The molecule has 1 aromatic heterocycles. The van der Waals surface area contributed by atoms with Gasteiger partial charge >= 0.3 is 0 Å². The second kappa shape index (κ2) is 12.7. The van der Waals surface area contributed by atoms with Gasteiger partial charge in [-0.2, -0.15) is 0 Å². The lowest BCUT2D eigenvalue weighted by atomic mass is 10.0. The monoisotopic (exact) mass is 600 g/mol. The number of benzene rings is 2. The number of nitrogens with one attached hydrogen (secondary N) is 1. The van der Waals surface area contributed by atoms with Gasteiger partial charge in [0.05, 0.1) is 31.2 Å². The molecule has 0 atom stereocenters. The highest BCUT2D eigenvalue weighted by molar-refractivity contribution is 6.09. The number of amides is 2. The number of rotatable bonds is 7. The molecule has 44 heavy (non-hydrogen) atoms. The summed E-state index contributed by atoms with van der Waals surface area (Å²) in [4.78, 5) is 39.6. The van der Waals surface area contributed by atoms with Crippen LogP contribution in [-0.4, -0.2) is 105 Å². The SMILES string of the molecule is CCOc1cc(C(=O)N2CCN(C3CCN(C)CC3)CC2)ccc1Nc1cc2c(cn1)N(C)C(=O)c1cccc(OC)c1O2. The van der Waals surface area contributed by atoms with Crippen LogP contribution in [0.2, 0.25) is 0 Å². The molecule has 232 valence electrons. The Labute approximate surface area is 258 Å². The van der Waals surface area contributed by atoms with Crippen LogP contribution in [0.3, 0.4) is 0 Å². The summed E-state index contributed by atoms with van der Waals surface area (Å²) in [5.41, 5.74) is 2.19. The van der Waals surface area contributed by atoms with E-state index < -0.39 is 0 Å². The van der Waals surface area contributed by atoms with Gasteiger partial charge in [0.25, 0.3) is 11.8 Å². The molecule has 1 N–H and O–H groups in total. The van der Waals surface area contributed by atoms with E-state index in [1.165, 1.54) is 17.7 Å². The fourth-order valence-electron chi connectivity index (χ4n) is 6.19. The maximum atomic E-state index is 13.5. The van der Waals surface area contributed by atoms with Gasteiger partial charge in [-0.05, 0) is 70.2 Å². The smallest absolute Gasteiger partial charge is 0.262 e. The molecule has 2 aromatic carbocycles. The van der Waals surface area contributed by atoms with Gasteiger partial charge in [0.2, 0.25) is 0 Å². The molecule has 11 nitrogen and oxygen atoms in total.